The minimum Gasteiger partial charge on any atom is -0.465 e. The molecule has 96 valence electrons. The van der Waals surface area contributed by atoms with Gasteiger partial charge >= 0.3 is 5.97 Å². The van der Waals surface area contributed by atoms with Gasteiger partial charge in [0.1, 0.15) is 0 Å². The van der Waals surface area contributed by atoms with Crippen LogP contribution in [0.2, 0.25) is 0 Å². The van der Waals surface area contributed by atoms with Crippen LogP contribution in [0.5, 0.6) is 0 Å². The van der Waals surface area contributed by atoms with Crippen molar-refractivity contribution in [2.24, 2.45) is 5.41 Å². The van der Waals surface area contributed by atoms with E-state index in [0.717, 1.165) is 6.42 Å². The summed E-state index contributed by atoms with van der Waals surface area (Å²) >= 11 is 0. The molecule has 0 aliphatic carbocycles. The third kappa shape index (κ3) is 5.71. The third-order valence-electron chi connectivity index (χ3n) is 2.43. The van der Waals surface area contributed by atoms with Crippen LogP contribution in [0, 0.1) is 17.8 Å². The molecule has 0 aromatic heterocycles. The molecule has 0 spiro atoms. The number of hydrogen-bond donors (Lipinski definition) is 0. The van der Waals surface area contributed by atoms with E-state index in [2.05, 4.69) is 5.92 Å². The molecule has 0 saturated carbocycles. The minimum absolute atomic E-state index is 0.145. The van der Waals surface area contributed by atoms with Gasteiger partial charge in [0, 0.05) is 11.8 Å². The Morgan fingerprint density at radius 3 is 2.71 bits per heavy atom. The van der Waals surface area contributed by atoms with Crippen LogP contribution < -0.4 is 0 Å². The number of ether oxygens (including phenoxy) is 3. The zero-order chi connectivity index (χ0) is 12.7. The summed E-state index contributed by atoms with van der Waals surface area (Å²) in [5, 5.41) is 0. The van der Waals surface area contributed by atoms with Gasteiger partial charge in [-0.3, -0.25) is 4.79 Å². The van der Waals surface area contributed by atoms with E-state index in [9.17, 15) is 4.79 Å². The molecule has 1 aliphatic heterocycles. The van der Waals surface area contributed by atoms with Crippen molar-refractivity contribution in [3.8, 4) is 12.3 Å². The van der Waals surface area contributed by atoms with E-state index in [1.54, 1.807) is 0 Å². The van der Waals surface area contributed by atoms with Crippen molar-refractivity contribution in [3.05, 3.63) is 0 Å². The van der Waals surface area contributed by atoms with Gasteiger partial charge in [-0.2, -0.15) is 0 Å². The predicted molar refractivity (Wildman–Crippen MR) is 63.1 cm³/mol. The summed E-state index contributed by atoms with van der Waals surface area (Å²) in [6, 6.07) is 0. The molecule has 0 amide bonds. The molecule has 1 rings (SSSR count). The van der Waals surface area contributed by atoms with E-state index in [0.29, 0.717) is 26.2 Å². The number of terminal acetylenes is 1. The molecule has 0 unspecified atom stereocenters. The van der Waals surface area contributed by atoms with Gasteiger partial charge in [0.2, 0.25) is 0 Å². The minimum atomic E-state index is -0.452. The fraction of sp³-hybridized carbons (Fsp3) is 0.769. The van der Waals surface area contributed by atoms with Crippen molar-refractivity contribution in [1.29, 1.82) is 0 Å². The first-order chi connectivity index (χ1) is 8.03. The Balaban J connectivity index is 2.23. The summed E-state index contributed by atoms with van der Waals surface area (Å²) < 4.78 is 15.7. The van der Waals surface area contributed by atoms with Crippen LogP contribution >= 0.6 is 0 Å². The van der Waals surface area contributed by atoms with E-state index < -0.39 is 6.29 Å². The molecule has 1 saturated heterocycles. The van der Waals surface area contributed by atoms with Crippen LogP contribution in [0.4, 0.5) is 0 Å². The van der Waals surface area contributed by atoms with E-state index in [1.807, 2.05) is 13.8 Å². The highest BCUT2D eigenvalue weighted by atomic mass is 16.7. The topological polar surface area (TPSA) is 44.8 Å². The molecular weight excluding hydrogens is 220 g/mol. The summed E-state index contributed by atoms with van der Waals surface area (Å²) in [4.78, 5) is 11.5. The van der Waals surface area contributed by atoms with Crippen LogP contribution in [0.15, 0.2) is 0 Å². The van der Waals surface area contributed by atoms with Crippen LogP contribution in [-0.2, 0) is 19.0 Å². The second kappa shape index (κ2) is 6.63. The number of hydrogen-bond acceptors (Lipinski definition) is 4. The van der Waals surface area contributed by atoms with Gasteiger partial charge < -0.3 is 14.2 Å². The maximum atomic E-state index is 11.5. The Kier molecular flexibility index (Phi) is 5.46. The van der Waals surface area contributed by atoms with Crippen LogP contribution in [0.25, 0.3) is 0 Å². The average Bonchev–Trinajstić information content (AvgIpc) is 2.28. The smallest absolute Gasteiger partial charge is 0.310 e. The Labute approximate surface area is 103 Å². The maximum Gasteiger partial charge on any atom is 0.310 e. The van der Waals surface area contributed by atoms with Gasteiger partial charge in [0.15, 0.2) is 6.29 Å². The predicted octanol–water partition coefficient (Wildman–Crippen LogP) is 1.73. The lowest BCUT2D eigenvalue weighted by Crippen LogP contribution is -2.29. The van der Waals surface area contributed by atoms with E-state index >= 15 is 0 Å². The second-order valence-electron chi connectivity index (χ2n) is 4.93. The van der Waals surface area contributed by atoms with Crippen molar-refractivity contribution >= 4 is 5.97 Å². The van der Waals surface area contributed by atoms with Gasteiger partial charge in [0.05, 0.1) is 26.2 Å². The Morgan fingerprint density at radius 2 is 2.12 bits per heavy atom. The zero-order valence-electron chi connectivity index (χ0n) is 10.5. The van der Waals surface area contributed by atoms with Gasteiger partial charge in [0.25, 0.3) is 0 Å². The molecule has 17 heavy (non-hydrogen) atoms. The van der Waals surface area contributed by atoms with Gasteiger partial charge in [-0.05, 0) is 6.42 Å². The van der Waals surface area contributed by atoms with E-state index in [-0.39, 0.29) is 17.8 Å². The quantitative estimate of drug-likeness (QED) is 0.542. The number of carbonyl (C=O) groups excluding carboxylic acids is 1. The average molecular weight is 240 g/mol. The van der Waals surface area contributed by atoms with Crippen molar-refractivity contribution in [2.45, 2.75) is 39.4 Å². The molecule has 1 heterocycles. The summed E-state index contributed by atoms with van der Waals surface area (Å²) in [7, 11) is 0. The fourth-order valence-electron chi connectivity index (χ4n) is 1.45. The second-order valence-corrected chi connectivity index (χ2v) is 4.93. The highest BCUT2D eigenvalue weighted by Gasteiger charge is 2.22. The molecule has 4 heteroatoms. The molecule has 0 N–H and O–H groups in total. The molecule has 0 radical (unpaired) electrons. The maximum absolute atomic E-state index is 11.5. The van der Waals surface area contributed by atoms with E-state index in [1.165, 1.54) is 0 Å². The molecule has 0 aromatic carbocycles. The van der Waals surface area contributed by atoms with Crippen molar-refractivity contribution in [2.75, 3.05) is 19.8 Å². The zero-order valence-corrected chi connectivity index (χ0v) is 10.5. The largest absolute Gasteiger partial charge is 0.465 e. The number of esters is 1. The van der Waals surface area contributed by atoms with E-state index in [4.69, 9.17) is 20.6 Å². The third-order valence-corrected chi connectivity index (χ3v) is 2.43. The summed E-state index contributed by atoms with van der Waals surface area (Å²) in [6.07, 6.45) is 6.39. The lowest BCUT2D eigenvalue weighted by atomic mass is 9.91. The standard InChI is InChI=1S/C13H20O4/c1-4-6-13(2,3)10-17-11(14)9-12-15-7-5-8-16-12/h1,12H,5-10H2,2-3H3. The van der Waals surface area contributed by atoms with Crippen molar-refractivity contribution < 1.29 is 19.0 Å². The Morgan fingerprint density at radius 1 is 1.47 bits per heavy atom. The van der Waals surface area contributed by atoms with Crippen LogP contribution in [0.1, 0.15) is 33.1 Å². The first kappa shape index (κ1) is 14.0. The molecule has 1 aliphatic rings. The molecule has 0 bridgehead atoms. The monoisotopic (exact) mass is 240 g/mol. The molecule has 4 nitrogen and oxygen atoms in total. The summed E-state index contributed by atoms with van der Waals surface area (Å²) in [5.74, 6) is 2.27. The highest BCUT2D eigenvalue weighted by molar-refractivity contribution is 5.69. The van der Waals surface area contributed by atoms with Gasteiger partial charge in [-0.25, -0.2) is 0 Å². The first-order valence-corrected chi connectivity index (χ1v) is 5.86. The van der Waals surface area contributed by atoms with Gasteiger partial charge in [-0.15, -0.1) is 12.3 Å². The molecule has 0 aromatic rings. The Hall–Kier alpha value is -1.05. The van der Waals surface area contributed by atoms with Crippen molar-refractivity contribution in [3.63, 3.8) is 0 Å². The van der Waals surface area contributed by atoms with Gasteiger partial charge in [-0.1, -0.05) is 13.8 Å². The fourth-order valence-corrected chi connectivity index (χ4v) is 1.45. The molecule has 1 fully saturated rings. The Bertz CT molecular complexity index is 284. The van der Waals surface area contributed by atoms with Crippen LogP contribution in [0.3, 0.4) is 0 Å². The highest BCUT2D eigenvalue weighted by Crippen LogP contribution is 2.20. The number of rotatable bonds is 5. The lowest BCUT2D eigenvalue weighted by Gasteiger charge is -2.24. The first-order valence-electron chi connectivity index (χ1n) is 5.86. The normalized spacial score (nSPS) is 17.5. The molecular formula is C13H20O4. The van der Waals surface area contributed by atoms with Crippen molar-refractivity contribution in [1.82, 2.24) is 0 Å². The lowest BCUT2D eigenvalue weighted by molar-refractivity contribution is -0.192. The van der Waals surface area contributed by atoms with Crippen LogP contribution in [-0.4, -0.2) is 32.1 Å². The SMILES string of the molecule is C#CCC(C)(C)COC(=O)CC1OCCCO1. The molecule has 0 atom stereocenters. The summed E-state index contributed by atoms with van der Waals surface area (Å²) in [6.45, 7) is 5.53. The summed E-state index contributed by atoms with van der Waals surface area (Å²) in [5.41, 5.74) is -0.182. The number of carbonyl (C=O) groups is 1.